The molecule has 0 aliphatic rings. The van der Waals surface area contributed by atoms with Gasteiger partial charge in [-0.25, -0.2) is 4.98 Å². The van der Waals surface area contributed by atoms with Gasteiger partial charge in [0.05, 0.1) is 11.2 Å². The zero-order valence-electron chi connectivity index (χ0n) is 9.82. The Labute approximate surface area is 100 Å². The summed E-state index contributed by atoms with van der Waals surface area (Å²) in [6, 6.07) is 10.3. The van der Waals surface area contributed by atoms with Crippen molar-refractivity contribution in [3.05, 3.63) is 40.7 Å². The minimum absolute atomic E-state index is 0.0578. The molecule has 2 nitrogen and oxygen atoms in total. The number of aromatic nitrogens is 1. The molecule has 0 aliphatic carbocycles. The maximum atomic E-state index is 4.68. The first-order valence-corrected chi connectivity index (χ1v) is 6.22. The van der Waals surface area contributed by atoms with Crippen molar-refractivity contribution in [2.75, 3.05) is 7.05 Å². The average molecular weight is 232 g/mol. The van der Waals surface area contributed by atoms with E-state index in [0.29, 0.717) is 0 Å². The number of nitrogens with zero attached hydrogens (tertiary/aromatic N) is 1. The van der Waals surface area contributed by atoms with E-state index in [0.717, 1.165) is 10.7 Å². The van der Waals surface area contributed by atoms with Crippen LogP contribution >= 0.6 is 11.3 Å². The van der Waals surface area contributed by atoms with Crippen molar-refractivity contribution in [2.45, 2.75) is 19.4 Å². The van der Waals surface area contributed by atoms with Gasteiger partial charge in [0.15, 0.2) is 0 Å². The molecule has 0 unspecified atom stereocenters. The summed E-state index contributed by atoms with van der Waals surface area (Å²) < 4.78 is 0. The van der Waals surface area contributed by atoms with Crippen molar-refractivity contribution in [1.29, 1.82) is 0 Å². The van der Waals surface area contributed by atoms with E-state index in [-0.39, 0.29) is 5.54 Å². The SMILES string of the molecule is CNC(C)(C)c1nc(-c2ccccc2)cs1. The molecule has 16 heavy (non-hydrogen) atoms. The van der Waals surface area contributed by atoms with E-state index in [9.17, 15) is 0 Å². The first kappa shape index (κ1) is 11.3. The average Bonchev–Trinajstić information content (AvgIpc) is 2.80. The van der Waals surface area contributed by atoms with Crippen LogP contribution in [0, 0.1) is 0 Å². The van der Waals surface area contributed by atoms with Gasteiger partial charge < -0.3 is 5.32 Å². The van der Waals surface area contributed by atoms with Crippen LogP contribution in [0.3, 0.4) is 0 Å². The van der Waals surface area contributed by atoms with Crippen LogP contribution in [-0.2, 0) is 5.54 Å². The van der Waals surface area contributed by atoms with Crippen LogP contribution in [0.1, 0.15) is 18.9 Å². The second-order valence-electron chi connectivity index (χ2n) is 4.28. The Balaban J connectivity index is 2.34. The van der Waals surface area contributed by atoms with Crippen LogP contribution in [0.5, 0.6) is 0 Å². The van der Waals surface area contributed by atoms with E-state index in [2.05, 4.69) is 41.7 Å². The molecule has 1 N–H and O–H groups in total. The van der Waals surface area contributed by atoms with Crippen LogP contribution in [0.4, 0.5) is 0 Å². The fraction of sp³-hybridized carbons (Fsp3) is 0.308. The van der Waals surface area contributed by atoms with E-state index < -0.39 is 0 Å². The molecule has 0 bridgehead atoms. The second kappa shape index (κ2) is 4.36. The lowest BCUT2D eigenvalue weighted by atomic mass is 10.1. The Morgan fingerprint density at radius 1 is 1.19 bits per heavy atom. The topological polar surface area (TPSA) is 24.9 Å². The Hall–Kier alpha value is -1.19. The number of rotatable bonds is 3. The van der Waals surface area contributed by atoms with Gasteiger partial charge >= 0.3 is 0 Å². The van der Waals surface area contributed by atoms with E-state index in [4.69, 9.17) is 0 Å². The fourth-order valence-electron chi connectivity index (χ4n) is 1.41. The Morgan fingerprint density at radius 3 is 2.50 bits per heavy atom. The summed E-state index contributed by atoms with van der Waals surface area (Å²) in [4.78, 5) is 4.68. The van der Waals surface area contributed by atoms with Crippen molar-refractivity contribution in [3.8, 4) is 11.3 Å². The molecule has 0 spiro atoms. The third kappa shape index (κ3) is 2.15. The highest BCUT2D eigenvalue weighted by molar-refractivity contribution is 7.10. The van der Waals surface area contributed by atoms with Gasteiger partial charge in [0.1, 0.15) is 5.01 Å². The van der Waals surface area contributed by atoms with Gasteiger partial charge in [0, 0.05) is 10.9 Å². The minimum Gasteiger partial charge on any atom is -0.309 e. The summed E-state index contributed by atoms with van der Waals surface area (Å²) >= 11 is 1.70. The predicted molar refractivity (Wildman–Crippen MR) is 69.6 cm³/mol. The zero-order valence-corrected chi connectivity index (χ0v) is 10.6. The Kier molecular flexibility index (Phi) is 3.08. The first-order valence-electron chi connectivity index (χ1n) is 5.34. The summed E-state index contributed by atoms with van der Waals surface area (Å²) in [6.45, 7) is 4.28. The zero-order chi connectivity index (χ0) is 11.6. The van der Waals surface area contributed by atoms with Crippen molar-refractivity contribution in [1.82, 2.24) is 10.3 Å². The van der Waals surface area contributed by atoms with Crippen LogP contribution in [-0.4, -0.2) is 12.0 Å². The Morgan fingerprint density at radius 2 is 1.88 bits per heavy atom. The van der Waals surface area contributed by atoms with Crippen LogP contribution in [0.2, 0.25) is 0 Å². The third-order valence-electron chi connectivity index (χ3n) is 2.73. The van der Waals surface area contributed by atoms with E-state index in [1.807, 2.05) is 25.2 Å². The lowest BCUT2D eigenvalue weighted by Crippen LogP contribution is -2.32. The molecule has 0 radical (unpaired) electrons. The standard InChI is InChI=1S/C13H16N2S/c1-13(2,14-3)12-15-11(9-16-12)10-7-5-4-6-8-10/h4-9,14H,1-3H3. The van der Waals surface area contributed by atoms with Gasteiger partial charge in [-0.05, 0) is 20.9 Å². The highest BCUT2D eigenvalue weighted by atomic mass is 32.1. The highest BCUT2D eigenvalue weighted by Crippen LogP contribution is 2.28. The lowest BCUT2D eigenvalue weighted by Gasteiger charge is -2.20. The molecule has 84 valence electrons. The number of hydrogen-bond donors (Lipinski definition) is 1. The first-order chi connectivity index (χ1) is 7.63. The van der Waals surface area contributed by atoms with Gasteiger partial charge in [0.25, 0.3) is 0 Å². The van der Waals surface area contributed by atoms with Crippen molar-refractivity contribution < 1.29 is 0 Å². The molecule has 1 heterocycles. The molecule has 1 aromatic heterocycles. The second-order valence-corrected chi connectivity index (χ2v) is 5.14. The molecule has 0 saturated carbocycles. The molecular weight excluding hydrogens is 216 g/mol. The van der Waals surface area contributed by atoms with Crippen LogP contribution in [0.25, 0.3) is 11.3 Å². The maximum absolute atomic E-state index is 4.68. The molecule has 0 atom stereocenters. The summed E-state index contributed by atoms with van der Waals surface area (Å²) in [6.07, 6.45) is 0. The smallest absolute Gasteiger partial charge is 0.113 e. The van der Waals surface area contributed by atoms with Gasteiger partial charge in [-0.15, -0.1) is 11.3 Å². The van der Waals surface area contributed by atoms with Gasteiger partial charge in [-0.1, -0.05) is 30.3 Å². The third-order valence-corrected chi connectivity index (χ3v) is 3.90. The lowest BCUT2D eigenvalue weighted by molar-refractivity contribution is 0.442. The normalized spacial score (nSPS) is 11.7. The summed E-state index contributed by atoms with van der Waals surface area (Å²) in [5.74, 6) is 0. The molecule has 3 heteroatoms. The van der Waals surface area contributed by atoms with E-state index >= 15 is 0 Å². The molecule has 0 fully saturated rings. The monoisotopic (exact) mass is 232 g/mol. The predicted octanol–water partition coefficient (Wildman–Crippen LogP) is 3.26. The Bertz CT molecular complexity index is 460. The summed E-state index contributed by atoms with van der Waals surface area (Å²) in [5, 5.41) is 6.50. The van der Waals surface area contributed by atoms with Crippen molar-refractivity contribution in [2.24, 2.45) is 0 Å². The minimum atomic E-state index is -0.0578. The molecule has 2 rings (SSSR count). The number of hydrogen-bond acceptors (Lipinski definition) is 3. The highest BCUT2D eigenvalue weighted by Gasteiger charge is 2.21. The van der Waals surface area contributed by atoms with Gasteiger partial charge in [-0.3, -0.25) is 0 Å². The summed E-state index contributed by atoms with van der Waals surface area (Å²) in [7, 11) is 1.96. The number of nitrogens with one attached hydrogen (secondary N) is 1. The molecule has 0 saturated heterocycles. The molecule has 0 amide bonds. The summed E-state index contributed by atoms with van der Waals surface area (Å²) in [5.41, 5.74) is 2.18. The molecule has 2 aromatic rings. The van der Waals surface area contributed by atoms with Crippen molar-refractivity contribution in [3.63, 3.8) is 0 Å². The molecule has 0 aliphatic heterocycles. The van der Waals surface area contributed by atoms with Gasteiger partial charge in [-0.2, -0.15) is 0 Å². The molecular formula is C13H16N2S. The van der Waals surface area contributed by atoms with E-state index in [1.165, 1.54) is 5.56 Å². The fourth-order valence-corrected chi connectivity index (χ4v) is 2.37. The number of benzene rings is 1. The van der Waals surface area contributed by atoms with Gasteiger partial charge in [0.2, 0.25) is 0 Å². The van der Waals surface area contributed by atoms with Crippen LogP contribution < -0.4 is 5.32 Å². The maximum Gasteiger partial charge on any atom is 0.113 e. The van der Waals surface area contributed by atoms with E-state index in [1.54, 1.807) is 11.3 Å². The number of thiazole rings is 1. The quantitative estimate of drug-likeness (QED) is 0.878. The molecule has 1 aromatic carbocycles. The van der Waals surface area contributed by atoms with Crippen LogP contribution in [0.15, 0.2) is 35.7 Å². The van der Waals surface area contributed by atoms with Crippen molar-refractivity contribution >= 4 is 11.3 Å². The largest absolute Gasteiger partial charge is 0.309 e.